The Balaban J connectivity index is 1.82. The number of ether oxygens (including phenoxy) is 2. The molecule has 1 N–H and O–H groups in total. The van der Waals surface area contributed by atoms with Crippen molar-refractivity contribution >= 4 is 0 Å². The Labute approximate surface area is 113 Å². The van der Waals surface area contributed by atoms with E-state index in [1.165, 1.54) is 0 Å². The Morgan fingerprint density at radius 1 is 1.53 bits per heavy atom. The number of aromatic nitrogens is 2. The highest BCUT2D eigenvalue weighted by Gasteiger charge is 2.25. The molecular weight excluding hydrogens is 248 g/mol. The number of nitrogens with one attached hydrogen (secondary N) is 1. The van der Waals surface area contributed by atoms with Crippen LogP contribution in [0.1, 0.15) is 24.7 Å². The Bertz CT molecular complexity index is 372. The molecule has 2 heterocycles. The molecule has 1 unspecified atom stereocenters. The summed E-state index contributed by atoms with van der Waals surface area (Å²) in [5, 5.41) is 7.16. The van der Waals surface area contributed by atoms with Crippen LogP contribution in [0, 0.1) is 0 Å². The highest BCUT2D eigenvalue weighted by atomic mass is 16.5. The van der Waals surface area contributed by atoms with E-state index in [2.05, 4.69) is 27.3 Å². The van der Waals surface area contributed by atoms with Gasteiger partial charge in [0.15, 0.2) is 0 Å². The molecule has 1 aliphatic heterocycles. The van der Waals surface area contributed by atoms with E-state index in [1.807, 2.05) is 0 Å². The summed E-state index contributed by atoms with van der Waals surface area (Å²) in [5.41, 5.74) is 0. The molecule has 1 fully saturated rings. The van der Waals surface area contributed by atoms with Crippen LogP contribution < -0.4 is 5.32 Å². The highest BCUT2D eigenvalue weighted by molar-refractivity contribution is 4.94. The van der Waals surface area contributed by atoms with E-state index in [-0.39, 0.29) is 6.10 Å². The minimum absolute atomic E-state index is 0.0785. The van der Waals surface area contributed by atoms with Gasteiger partial charge < -0.3 is 19.3 Å². The summed E-state index contributed by atoms with van der Waals surface area (Å²) in [6.07, 6.45) is -0.0785. The first-order valence-corrected chi connectivity index (χ1v) is 6.69. The van der Waals surface area contributed by atoms with Gasteiger partial charge in [-0.3, -0.25) is 4.90 Å². The van der Waals surface area contributed by atoms with Gasteiger partial charge in [-0.1, -0.05) is 12.1 Å². The fraction of sp³-hybridized carbons (Fsp3) is 0.833. The van der Waals surface area contributed by atoms with Crippen LogP contribution in [-0.4, -0.2) is 61.5 Å². The van der Waals surface area contributed by atoms with Crippen LogP contribution in [0.25, 0.3) is 0 Å². The van der Waals surface area contributed by atoms with E-state index in [9.17, 15) is 0 Å². The molecule has 0 aliphatic carbocycles. The predicted octanol–water partition coefficient (Wildman–Crippen LogP) is 0.199. The van der Waals surface area contributed by atoms with Crippen molar-refractivity contribution in [2.24, 2.45) is 0 Å². The van der Waals surface area contributed by atoms with E-state index in [0.717, 1.165) is 26.2 Å². The molecule has 0 aromatic carbocycles. The molecule has 0 amide bonds. The molecule has 0 radical (unpaired) electrons. The van der Waals surface area contributed by atoms with Gasteiger partial charge in [0.25, 0.3) is 0 Å². The topological polar surface area (TPSA) is 72.7 Å². The monoisotopic (exact) mass is 270 g/mol. The van der Waals surface area contributed by atoms with E-state index in [1.54, 1.807) is 7.11 Å². The Morgan fingerprint density at radius 3 is 3.21 bits per heavy atom. The van der Waals surface area contributed by atoms with E-state index >= 15 is 0 Å². The van der Waals surface area contributed by atoms with Gasteiger partial charge >= 0.3 is 0 Å². The average Bonchev–Trinajstić information content (AvgIpc) is 2.92. The van der Waals surface area contributed by atoms with Gasteiger partial charge in [-0.25, -0.2) is 0 Å². The van der Waals surface area contributed by atoms with Crippen molar-refractivity contribution in [1.82, 2.24) is 20.4 Å². The quantitative estimate of drug-likeness (QED) is 0.709. The fourth-order valence-electron chi connectivity index (χ4n) is 1.99. The van der Waals surface area contributed by atoms with E-state index in [0.29, 0.717) is 31.5 Å². The van der Waals surface area contributed by atoms with Crippen molar-refractivity contribution in [1.29, 1.82) is 0 Å². The third-order valence-corrected chi connectivity index (χ3v) is 3.13. The van der Waals surface area contributed by atoms with E-state index in [4.69, 9.17) is 14.0 Å². The average molecular weight is 270 g/mol. The van der Waals surface area contributed by atoms with Crippen molar-refractivity contribution in [2.75, 3.05) is 46.5 Å². The van der Waals surface area contributed by atoms with Crippen LogP contribution in [0.3, 0.4) is 0 Å². The lowest BCUT2D eigenvalue weighted by Gasteiger charge is -2.30. The number of methoxy groups -OCH3 is 1. The maximum Gasteiger partial charge on any atom is 0.240 e. The van der Waals surface area contributed by atoms with Crippen molar-refractivity contribution in [2.45, 2.75) is 19.6 Å². The molecule has 1 aromatic heterocycles. The van der Waals surface area contributed by atoms with Crippen LogP contribution in [0.4, 0.5) is 0 Å². The number of morpholine rings is 1. The molecule has 0 bridgehead atoms. The number of rotatable bonds is 7. The zero-order valence-electron chi connectivity index (χ0n) is 11.6. The number of likely N-dealkylation sites (N-methyl/N-ethyl adjacent to an activating group) is 1. The SMILES string of the molecule is CCN1CCOC(c2noc(CNCCOC)n2)C1. The van der Waals surface area contributed by atoms with Gasteiger partial charge in [0.2, 0.25) is 11.7 Å². The Kier molecular flexibility index (Phi) is 5.71. The molecule has 1 aromatic rings. The third-order valence-electron chi connectivity index (χ3n) is 3.13. The van der Waals surface area contributed by atoms with Crippen molar-refractivity contribution in [3.63, 3.8) is 0 Å². The number of hydrogen-bond donors (Lipinski definition) is 1. The summed E-state index contributed by atoms with van der Waals surface area (Å²) in [6, 6.07) is 0. The third kappa shape index (κ3) is 4.24. The molecule has 7 nitrogen and oxygen atoms in total. The molecule has 19 heavy (non-hydrogen) atoms. The standard InChI is InChI=1S/C12H22N4O3/c1-3-16-5-7-18-10(9-16)12-14-11(19-15-12)8-13-4-6-17-2/h10,13H,3-9H2,1-2H3. The second-order valence-corrected chi connectivity index (χ2v) is 4.47. The maximum atomic E-state index is 5.69. The van der Waals surface area contributed by atoms with Gasteiger partial charge in [-0.05, 0) is 6.54 Å². The van der Waals surface area contributed by atoms with Gasteiger partial charge in [-0.15, -0.1) is 0 Å². The normalized spacial score (nSPS) is 20.8. The smallest absolute Gasteiger partial charge is 0.240 e. The number of hydrogen-bond acceptors (Lipinski definition) is 7. The number of nitrogens with zero attached hydrogens (tertiary/aromatic N) is 3. The highest BCUT2D eigenvalue weighted by Crippen LogP contribution is 2.19. The molecule has 0 spiro atoms. The van der Waals surface area contributed by atoms with E-state index < -0.39 is 0 Å². The van der Waals surface area contributed by atoms with Gasteiger partial charge in [0, 0.05) is 26.7 Å². The van der Waals surface area contributed by atoms with Crippen LogP contribution in [0.5, 0.6) is 0 Å². The molecule has 1 atom stereocenters. The zero-order chi connectivity index (χ0) is 13.5. The molecule has 0 saturated carbocycles. The molecule has 7 heteroatoms. The lowest BCUT2D eigenvalue weighted by Crippen LogP contribution is -2.38. The fourth-order valence-corrected chi connectivity index (χ4v) is 1.99. The summed E-state index contributed by atoms with van der Waals surface area (Å²) < 4.78 is 15.8. The molecule has 108 valence electrons. The summed E-state index contributed by atoms with van der Waals surface area (Å²) in [6.45, 7) is 7.65. The Morgan fingerprint density at radius 2 is 2.42 bits per heavy atom. The van der Waals surface area contributed by atoms with Crippen molar-refractivity contribution < 1.29 is 14.0 Å². The first-order chi connectivity index (χ1) is 9.33. The molecule has 1 aliphatic rings. The van der Waals surface area contributed by atoms with Crippen LogP contribution in [0.15, 0.2) is 4.52 Å². The van der Waals surface area contributed by atoms with Gasteiger partial charge in [0.1, 0.15) is 6.10 Å². The summed E-state index contributed by atoms with van der Waals surface area (Å²) in [5.74, 6) is 1.23. The maximum absolute atomic E-state index is 5.69. The summed E-state index contributed by atoms with van der Waals surface area (Å²) >= 11 is 0. The molecule has 1 saturated heterocycles. The Hall–Kier alpha value is -1.02. The first kappa shape index (κ1) is 14.4. The van der Waals surface area contributed by atoms with Crippen molar-refractivity contribution in [3.05, 3.63) is 11.7 Å². The second kappa shape index (κ2) is 7.54. The minimum Gasteiger partial charge on any atom is -0.383 e. The zero-order valence-corrected chi connectivity index (χ0v) is 11.6. The second-order valence-electron chi connectivity index (χ2n) is 4.47. The van der Waals surface area contributed by atoms with Gasteiger partial charge in [-0.2, -0.15) is 4.98 Å². The molecular formula is C12H22N4O3. The minimum atomic E-state index is -0.0785. The first-order valence-electron chi connectivity index (χ1n) is 6.69. The summed E-state index contributed by atoms with van der Waals surface area (Å²) in [4.78, 5) is 6.69. The van der Waals surface area contributed by atoms with Crippen LogP contribution in [0.2, 0.25) is 0 Å². The largest absolute Gasteiger partial charge is 0.383 e. The van der Waals surface area contributed by atoms with Crippen LogP contribution in [-0.2, 0) is 16.0 Å². The van der Waals surface area contributed by atoms with Gasteiger partial charge in [0.05, 0.1) is 19.8 Å². The van der Waals surface area contributed by atoms with Crippen molar-refractivity contribution in [3.8, 4) is 0 Å². The lowest BCUT2D eigenvalue weighted by atomic mass is 10.2. The lowest BCUT2D eigenvalue weighted by molar-refractivity contribution is -0.0334. The molecule has 2 rings (SSSR count). The van der Waals surface area contributed by atoms with Crippen LogP contribution >= 0.6 is 0 Å². The predicted molar refractivity (Wildman–Crippen MR) is 68.7 cm³/mol. The summed E-state index contributed by atoms with van der Waals surface area (Å²) in [7, 11) is 1.67.